The number of fused-ring (bicyclic) bond motifs is 3. The standard InChI is InChI=1S/C20H13FN4S/c21-15-8-6-14(7-9-15)20-22-16-10-11-17-18(19(16)26-20)23-24-25(17)12-13-4-2-1-3-5-13/h1-11H,12H2. The first-order valence-corrected chi connectivity index (χ1v) is 9.02. The van der Waals surface area contributed by atoms with Crippen LogP contribution in [0.25, 0.3) is 31.8 Å². The number of halogens is 1. The molecule has 0 unspecified atom stereocenters. The molecule has 0 saturated heterocycles. The number of rotatable bonds is 3. The van der Waals surface area contributed by atoms with Crippen LogP contribution in [0.3, 0.4) is 0 Å². The van der Waals surface area contributed by atoms with Crippen LogP contribution in [-0.2, 0) is 6.54 Å². The molecule has 0 aliphatic rings. The number of nitrogens with zero attached hydrogens (tertiary/aromatic N) is 4. The molecule has 0 radical (unpaired) electrons. The number of hydrogen-bond donors (Lipinski definition) is 0. The fraction of sp³-hybridized carbons (Fsp3) is 0.0500. The fourth-order valence-corrected chi connectivity index (χ4v) is 4.06. The van der Waals surface area contributed by atoms with Gasteiger partial charge in [-0.05, 0) is 42.0 Å². The molecule has 0 amide bonds. The Morgan fingerprint density at radius 2 is 1.73 bits per heavy atom. The van der Waals surface area contributed by atoms with E-state index in [-0.39, 0.29) is 5.82 Å². The van der Waals surface area contributed by atoms with E-state index in [0.717, 1.165) is 31.8 Å². The highest BCUT2D eigenvalue weighted by molar-refractivity contribution is 7.22. The third-order valence-electron chi connectivity index (χ3n) is 4.31. The summed E-state index contributed by atoms with van der Waals surface area (Å²) in [4.78, 5) is 4.68. The van der Waals surface area contributed by atoms with Gasteiger partial charge in [0.1, 0.15) is 16.3 Å². The Morgan fingerprint density at radius 1 is 0.923 bits per heavy atom. The highest BCUT2D eigenvalue weighted by Gasteiger charge is 2.14. The highest BCUT2D eigenvalue weighted by atomic mass is 32.1. The molecule has 0 atom stereocenters. The average molecular weight is 360 g/mol. The minimum Gasteiger partial charge on any atom is -0.240 e. The summed E-state index contributed by atoms with van der Waals surface area (Å²) >= 11 is 1.56. The summed E-state index contributed by atoms with van der Waals surface area (Å²) in [5, 5.41) is 9.57. The molecule has 5 rings (SSSR count). The molecule has 0 bridgehead atoms. The van der Waals surface area contributed by atoms with Gasteiger partial charge in [0.25, 0.3) is 0 Å². The molecule has 0 spiro atoms. The van der Waals surface area contributed by atoms with Gasteiger partial charge in [0.15, 0.2) is 0 Å². The highest BCUT2D eigenvalue weighted by Crippen LogP contribution is 2.34. The lowest BCUT2D eigenvalue weighted by molar-refractivity contribution is 0.628. The Labute approximate surface area is 152 Å². The smallest absolute Gasteiger partial charge is 0.132 e. The van der Waals surface area contributed by atoms with Gasteiger partial charge in [-0.3, -0.25) is 0 Å². The molecule has 126 valence electrons. The van der Waals surface area contributed by atoms with Gasteiger partial charge in [0.2, 0.25) is 0 Å². The molecule has 2 aromatic heterocycles. The largest absolute Gasteiger partial charge is 0.240 e. The van der Waals surface area contributed by atoms with Gasteiger partial charge >= 0.3 is 0 Å². The van der Waals surface area contributed by atoms with Gasteiger partial charge in [-0.15, -0.1) is 16.4 Å². The van der Waals surface area contributed by atoms with Gasteiger partial charge in [-0.1, -0.05) is 35.5 Å². The minimum absolute atomic E-state index is 0.249. The average Bonchev–Trinajstić information content (AvgIpc) is 3.27. The zero-order valence-electron chi connectivity index (χ0n) is 13.6. The maximum atomic E-state index is 13.2. The molecule has 0 N–H and O–H groups in total. The summed E-state index contributed by atoms with van der Waals surface area (Å²) in [6, 6.07) is 20.6. The molecule has 3 aromatic carbocycles. The van der Waals surface area contributed by atoms with Crippen molar-refractivity contribution in [3.05, 3.63) is 78.1 Å². The monoisotopic (exact) mass is 360 g/mol. The van der Waals surface area contributed by atoms with Gasteiger partial charge in [0.05, 0.1) is 22.3 Å². The van der Waals surface area contributed by atoms with Crippen molar-refractivity contribution < 1.29 is 4.39 Å². The van der Waals surface area contributed by atoms with Crippen molar-refractivity contribution in [2.75, 3.05) is 0 Å². The molecule has 6 heteroatoms. The summed E-state index contributed by atoms with van der Waals surface area (Å²) < 4.78 is 16.1. The molecule has 0 aliphatic carbocycles. The second kappa shape index (κ2) is 6.00. The molecular formula is C20H13FN4S. The predicted molar refractivity (Wildman–Crippen MR) is 102 cm³/mol. The first kappa shape index (κ1) is 15.2. The van der Waals surface area contributed by atoms with E-state index in [1.807, 2.05) is 35.0 Å². The lowest BCUT2D eigenvalue weighted by Crippen LogP contribution is -2.01. The summed E-state index contributed by atoms with van der Waals surface area (Å²) in [6.07, 6.45) is 0. The molecular weight excluding hydrogens is 347 g/mol. The van der Waals surface area contributed by atoms with Crippen molar-refractivity contribution in [3.63, 3.8) is 0 Å². The molecule has 26 heavy (non-hydrogen) atoms. The number of aromatic nitrogens is 4. The summed E-state index contributed by atoms with van der Waals surface area (Å²) in [6.45, 7) is 0.673. The van der Waals surface area contributed by atoms with E-state index >= 15 is 0 Å². The van der Waals surface area contributed by atoms with E-state index < -0.39 is 0 Å². The molecule has 4 nitrogen and oxygen atoms in total. The SMILES string of the molecule is Fc1ccc(-c2nc3ccc4c(nnn4Cc4ccccc4)c3s2)cc1. The van der Waals surface area contributed by atoms with E-state index in [1.165, 1.54) is 17.7 Å². The molecule has 0 fully saturated rings. The van der Waals surface area contributed by atoms with Crippen molar-refractivity contribution in [3.8, 4) is 10.6 Å². The van der Waals surface area contributed by atoms with Crippen LogP contribution in [-0.4, -0.2) is 20.0 Å². The van der Waals surface area contributed by atoms with Crippen molar-refractivity contribution in [1.82, 2.24) is 20.0 Å². The predicted octanol–water partition coefficient (Wildman–Crippen LogP) is 4.90. The van der Waals surface area contributed by atoms with Crippen molar-refractivity contribution in [1.29, 1.82) is 0 Å². The third kappa shape index (κ3) is 2.55. The summed E-state index contributed by atoms with van der Waals surface area (Å²) in [7, 11) is 0. The summed E-state index contributed by atoms with van der Waals surface area (Å²) in [5.41, 5.74) is 4.79. The zero-order valence-corrected chi connectivity index (χ0v) is 14.4. The molecule has 2 heterocycles. The minimum atomic E-state index is -0.249. The van der Waals surface area contributed by atoms with Crippen molar-refractivity contribution >= 4 is 32.6 Å². The Balaban J connectivity index is 1.61. The topological polar surface area (TPSA) is 43.6 Å². The van der Waals surface area contributed by atoms with Crippen LogP contribution in [0.4, 0.5) is 4.39 Å². The van der Waals surface area contributed by atoms with Crippen LogP contribution in [0.1, 0.15) is 5.56 Å². The first-order chi connectivity index (χ1) is 12.8. The van der Waals surface area contributed by atoms with Gasteiger partial charge < -0.3 is 0 Å². The zero-order chi connectivity index (χ0) is 17.5. The Hall–Kier alpha value is -3.12. The Kier molecular flexibility index (Phi) is 3.50. The van der Waals surface area contributed by atoms with Gasteiger partial charge in [-0.2, -0.15) is 0 Å². The molecule has 0 aliphatic heterocycles. The molecule has 0 saturated carbocycles. The fourth-order valence-electron chi connectivity index (χ4n) is 3.01. The Bertz CT molecular complexity index is 1210. The Morgan fingerprint density at radius 3 is 2.54 bits per heavy atom. The quantitative estimate of drug-likeness (QED) is 0.460. The van der Waals surface area contributed by atoms with E-state index in [0.29, 0.717) is 6.54 Å². The second-order valence-electron chi connectivity index (χ2n) is 6.04. The van der Waals surface area contributed by atoms with Crippen LogP contribution < -0.4 is 0 Å². The molecule has 5 aromatic rings. The van der Waals surface area contributed by atoms with E-state index in [1.54, 1.807) is 23.5 Å². The number of hydrogen-bond acceptors (Lipinski definition) is 4. The lowest BCUT2D eigenvalue weighted by Gasteiger charge is -2.02. The maximum absolute atomic E-state index is 13.2. The van der Waals surface area contributed by atoms with Gasteiger partial charge in [-0.25, -0.2) is 14.1 Å². The van der Waals surface area contributed by atoms with Crippen molar-refractivity contribution in [2.24, 2.45) is 0 Å². The third-order valence-corrected chi connectivity index (χ3v) is 5.43. The van der Waals surface area contributed by atoms with Crippen LogP contribution in [0.2, 0.25) is 0 Å². The van der Waals surface area contributed by atoms with Crippen LogP contribution in [0, 0.1) is 5.82 Å². The van der Waals surface area contributed by atoms with Gasteiger partial charge in [0, 0.05) is 5.56 Å². The van der Waals surface area contributed by atoms with E-state index in [2.05, 4.69) is 27.4 Å². The first-order valence-electron chi connectivity index (χ1n) is 8.20. The van der Waals surface area contributed by atoms with Crippen molar-refractivity contribution in [2.45, 2.75) is 6.54 Å². The van der Waals surface area contributed by atoms with Crippen LogP contribution in [0.5, 0.6) is 0 Å². The lowest BCUT2D eigenvalue weighted by atomic mass is 10.2. The number of benzene rings is 3. The van der Waals surface area contributed by atoms with E-state index in [9.17, 15) is 4.39 Å². The second-order valence-corrected chi connectivity index (χ2v) is 7.04. The maximum Gasteiger partial charge on any atom is 0.132 e. The van der Waals surface area contributed by atoms with Crippen LogP contribution >= 0.6 is 11.3 Å². The van der Waals surface area contributed by atoms with E-state index in [4.69, 9.17) is 0 Å². The van der Waals surface area contributed by atoms with Crippen LogP contribution in [0.15, 0.2) is 66.7 Å². The summed E-state index contributed by atoms with van der Waals surface area (Å²) in [5.74, 6) is -0.249. The number of thiazole rings is 1. The normalized spacial score (nSPS) is 11.4.